The van der Waals surface area contributed by atoms with E-state index in [9.17, 15) is 9.59 Å². The van der Waals surface area contributed by atoms with Gasteiger partial charge in [-0.1, -0.05) is 78.7 Å². The second-order valence-corrected chi connectivity index (χ2v) is 11.9. The molecule has 0 bridgehead atoms. The SMILES string of the molecule is C#Cc1cccc(C2C(C(=O)OC(C)N3CCN(C(c4ccccc4)c4ccccc4)CC3)=C(C)N=C(C)C2C(=O)OCCOC)c1. The van der Waals surface area contributed by atoms with Crippen LogP contribution in [0.4, 0.5) is 0 Å². The number of allylic oxidation sites excluding steroid dienone is 1. The van der Waals surface area contributed by atoms with Crippen molar-refractivity contribution in [1.29, 1.82) is 0 Å². The van der Waals surface area contributed by atoms with Gasteiger partial charge in [-0.3, -0.25) is 19.6 Å². The largest absolute Gasteiger partial charge is 0.463 e. The molecule has 5 rings (SSSR count). The number of carbonyl (C=O) groups excluding carboxylic acids is 2. The summed E-state index contributed by atoms with van der Waals surface area (Å²) < 4.78 is 16.8. The second kappa shape index (κ2) is 15.8. The number of hydrogen-bond donors (Lipinski definition) is 0. The molecule has 0 saturated carbocycles. The molecule has 1 fully saturated rings. The molecular formula is C39H43N3O5. The summed E-state index contributed by atoms with van der Waals surface area (Å²) in [6.07, 6.45) is 5.23. The van der Waals surface area contributed by atoms with Gasteiger partial charge in [0.1, 0.15) is 12.5 Å². The molecule has 8 heteroatoms. The van der Waals surface area contributed by atoms with Crippen LogP contribution in [0.3, 0.4) is 0 Å². The zero-order valence-corrected chi connectivity index (χ0v) is 27.6. The maximum absolute atomic E-state index is 14.1. The summed E-state index contributed by atoms with van der Waals surface area (Å²) in [6, 6.07) is 28.6. The van der Waals surface area contributed by atoms with Gasteiger partial charge in [0.2, 0.25) is 0 Å². The van der Waals surface area contributed by atoms with E-state index in [4.69, 9.17) is 20.6 Å². The van der Waals surface area contributed by atoms with E-state index in [1.54, 1.807) is 21.0 Å². The molecule has 47 heavy (non-hydrogen) atoms. The molecule has 1 saturated heterocycles. The molecule has 2 heterocycles. The van der Waals surface area contributed by atoms with E-state index in [0.717, 1.165) is 31.7 Å². The number of aliphatic imine (C=N–C) groups is 1. The van der Waals surface area contributed by atoms with Crippen LogP contribution in [0.1, 0.15) is 55.0 Å². The van der Waals surface area contributed by atoms with Gasteiger partial charge in [0.25, 0.3) is 0 Å². The zero-order valence-electron chi connectivity index (χ0n) is 27.6. The van der Waals surface area contributed by atoms with Crippen LogP contribution in [0.2, 0.25) is 0 Å². The number of esters is 2. The lowest BCUT2D eigenvalue weighted by molar-refractivity contribution is -0.155. The van der Waals surface area contributed by atoms with Crippen molar-refractivity contribution < 1.29 is 23.8 Å². The minimum Gasteiger partial charge on any atom is -0.463 e. The monoisotopic (exact) mass is 633 g/mol. The Bertz CT molecular complexity index is 1600. The maximum atomic E-state index is 14.1. The number of rotatable bonds is 11. The fourth-order valence-electron chi connectivity index (χ4n) is 6.64. The number of benzene rings is 3. The van der Waals surface area contributed by atoms with E-state index in [1.165, 1.54) is 11.1 Å². The van der Waals surface area contributed by atoms with Crippen LogP contribution in [0.15, 0.2) is 101 Å². The van der Waals surface area contributed by atoms with Gasteiger partial charge in [-0.2, -0.15) is 0 Å². The molecule has 0 aliphatic carbocycles. The number of terminal acetylenes is 1. The standard InChI is InChI=1S/C39H43N3O5/c1-6-30-14-13-19-33(26-30)36-34(38(43)46-25-24-45-5)27(2)40-28(3)35(36)39(44)47-29(4)41-20-22-42(23-21-41)37(31-15-9-7-10-16-31)32-17-11-8-12-18-32/h1,7-19,26,29,34,36-37H,20-25H2,2-5H3. The average molecular weight is 634 g/mol. The normalized spacial score (nSPS) is 19.5. The van der Waals surface area contributed by atoms with Gasteiger partial charge in [0.15, 0.2) is 6.23 Å². The molecule has 0 spiro atoms. The van der Waals surface area contributed by atoms with Crippen LogP contribution in [-0.4, -0.2) is 80.2 Å². The Morgan fingerprint density at radius 1 is 0.894 bits per heavy atom. The van der Waals surface area contributed by atoms with E-state index in [0.29, 0.717) is 22.5 Å². The van der Waals surface area contributed by atoms with Gasteiger partial charge in [0.05, 0.1) is 18.2 Å². The molecule has 0 aromatic heterocycles. The van der Waals surface area contributed by atoms with Crippen molar-refractivity contribution in [3.05, 3.63) is 118 Å². The van der Waals surface area contributed by atoms with E-state index in [-0.39, 0.29) is 19.3 Å². The quantitative estimate of drug-likeness (QED) is 0.155. The van der Waals surface area contributed by atoms with Gasteiger partial charge in [-0.25, -0.2) is 4.79 Å². The summed E-state index contributed by atoms with van der Waals surface area (Å²) in [5, 5.41) is 0. The molecule has 244 valence electrons. The number of hydrogen-bond acceptors (Lipinski definition) is 8. The third-order valence-electron chi connectivity index (χ3n) is 8.98. The third-order valence-corrected chi connectivity index (χ3v) is 8.98. The predicted octanol–water partition coefficient (Wildman–Crippen LogP) is 5.60. The number of carbonyl (C=O) groups is 2. The van der Waals surface area contributed by atoms with Crippen molar-refractivity contribution in [2.24, 2.45) is 10.9 Å². The van der Waals surface area contributed by atoms with Crippen molar-refractivity contribution in [2.75, 3.05) is 46.5 Å². The van der Waals surface area contributed by atoms with E-state index in [2.05, 4.69) is 69.2 Å². The molecule has 2 aliphatic heterocycles. The molecule has 0 N–H and O–H groups in total. The smallest absolute Gasteiger partial charge is 0.338 e. The van der Waals surface area contributed by atoms with Crippen molar-refractivity contribution in [3.63, 3.8) is 0 Å². The Morgan fingerprint density at radius 2 is 1.51 bits per heavy atom. The number of nitrogens with zero attached hydrogens (tertiary/aromatic N) is 3. The lowest BCUT2D eigenvalue weighted by atomic mass is 9.75. The number of piperazine rings is 1. The summed E-state index contributed by atoms with van der Waals surface area (Å²) in [5.41, 5.74) is 5.27. The zero-order chi connectivity index (χ0) is 33.3. The van der Waals surface area contributed by atoms with E-state index >= 15 is 0 Å². The molecule has 3 aromatic carbocycles. The van der Waals surface area contributed by atoms with Crippen LogP contribution in [-0.2, 0) is 23.8 Å². The number of ether oxygens (including phenoxy) is 3. The van der Waals surface area contributed by atoms with Crippen LogP contribution in [0.5, 0.6) is 0 Å². The van der Waals surface area contributed by atoms with Crippen molar-refractivity contribution >= 4 is 17.7 Å². The molecule has 0 radical (unpaired) electrons. The van der Waals surface area contributed by atoms with Crippen molar-refractivity contribution in [3.8, 4) is 12.3 Å². The number of methoxy groups -OCH3 is 1. The molecule has 2 aliphatic rings. The maximum Gasteiger partial charge on any atom is 0.338 e. The molecule has 8 nitrogen and oxygen atoms in total. The summed E-state index contributed by atoms with van der Waals surface area (Å²) in [5.74, 6) is 0.176. The van der Waals surface area contributed by atoms with Crippen LogP contribution >= 0.6 is 0 Å². The Labute approximate surface area is 278 Å². The highest BCUT2D eigenvalue weighted by atomic mass is 16.6. The Kier molecular flexibility index (Phi) is 11.4. The minimum absolute atomic E-state index is 0.0944. The Balaban J connectivity index is 1.34. The van der Waals surface area contributed by atoms with Gasteiger partial charge in [0, 0.05) is 56.2 Å². The molecule has 3 atom stereocenters. The second-order valence-electron chi connectivity index (χ2n) is 11.9. The highest BCUT2D eigenvalue weighted by molar-refractivity contribution is 6.07. The van der Waals surface area contributed by atoms with Gasteiger partial charge < -0.3 is 14.2 Å². The first kappa shape index (κ1) is 33.8. The van der Waals surface area contributed by atoms with Crippen LogP contribution in [0, 0.1) is 18.3 Å². The van der Waals surface area contributed by atoms with Gasteiger partial charge >= 0.3 is 11.9 Å². The molecule has 3 aromatic rings. The predicted molar refractivity (Wildman–Crippen MR) is 183 cm³/mol. The third kappa shape index (κ3) is 7.88. The Morgan fingerprint density at radius 3 is 2.11 bits per heavy atom. The molecule has 3 unspecified atom stereocenters. The first-order valence-electron chi connectivity index (χ1n) is 16.1. The van der Waals surface area contributed by atoms with Crippen molar-refractivity contribution in [2.45, 2.75) is 39.0 Å². The average Bonchev–Trinajstić information content (AvgIpc) is 3.09. The van der Waals surface area contributed by atoms with E-state index in [1.807, 2.05) is 43.3 Å². The summed E-state index contributed by atoms with van der Waals surface area (Å²) >= 11 is 0. The molecular weight excluding hydrogens is 590 g/mol. The van der Waals surface area contributed by atoms with Gasteiger partial charge in [-0.15, -0.1) is 6.42 Å². The van der Waals surface area contributed by atoms with Crippen molar-refractivity contribution in [1.82, 2.24) is 9.80 Å². The first-order valence-corrected chi connectivity index (χ1v) is 16.1. The first-order chi connectivity index (χ1) is 22.8. The highest BCUT2D eigenvalue weighted by Gasteiger charge is 2.43. The van der Waals surface area contributed by atoms with Crippen LogP contribution < -0.4 is 0 Å². The summed E-state index contributed by atoms with van der Waals surface area (Å²) in [4.78, 5) is 36.9. The highest BCUT2D eigenvalue weighted by Crippen LogP contribution is 2.41. The summed E-state index contributed by atoms with van der Waals surface area (Å²) in [6.45, 7) is 8.88. The lowest BCUT2D eigenvalue weighted by Crippen LogP contribution is -2.51. The minimum atomic E-state index is -0.821. The topological polar surface area (TPSA) is 80.7 Å². The Hall–Kier alpha value is -4.55. The molecule has 0 amide bonds. The fraction of sp³-hybridized carbons (Fsp3) is 0.359. The summed E-state index contributed by atoms with van der Waals surface area (Å²) in [7, 11) is 1.54. The van der Waals surface area contributed by atoms with E-state index < -0.39 is 30.0 Å². The van der Waals surface area contributed by atoms with Gasteiger partial charge in [-0.05, 0) is 49.6 Å². The fourth-order valence-corrected chi connectivity index (χ4v) is 6.64. The van der Waals surface area contributed by atoms with Crippen LogP contribution in [0.25, 0.3) is 0 Å². The lowest BCUT2D eigenvalue weighted by Gasteiger charge is -2.41.